The van der Waals surface area contributed by atoms with Gasteiger partial charge in [-0.25, -0.2) is 17.5 Å². The summed E-state index contributed by atoms with van der Waals surface area (Å²) in [6.45, 7) is 4.40. The molecule has 0 aliphatic rings. The van der Waals surface area contributed by atoms with E-state index in [9.17, 15) is 12.8 Å². The molecule has 0 heterocycles. The summed E-state index contributed by atoms with van der Waals surface area (Å²) in [6.07, 6.45) is 3.87. The molecule has 0 amide bonds. The molecule has 21 heavy (non-hydrogen) atoms. The first-order valence-electron chi connectivity index (χ1n) is 7.36. The van der Waals surface area contributed by atoms with E-state index in [1.165, 1.54) is 12.1 Å². The number of hydrogen-bond donors (Lipinski definition) is 2. The fourth-order valence-corrected chi connectivity index (χ4v) is 3.56. The van der Waals surface area contributed by atoms with E-state index in [1.807, 2.05) is 6.92 Å². The van der Waals surface area contributed by atoms with Gasteiger partial charge in [-0.1, -0.05) is 32.3 Å². The van der Waals surface area contributed by atoms with Crippen molar-refractivity contribution in [3.8, 4) is 0 Å². The van der Waals surface area contributed by atoms with Crippen molar-refractivity contribution in [3.63, 3.8) is 0 Å². The second-order valence-corrected chi connectivity index (χ2v) is 7.00. The molecule has 4 nitrogen and oxygen atoms in total. The van der Waals surface area contributed by atoms with Crippen molar-refractivity contribution in [1.29, 1.82) is 0 Å². The number of unbranched alkanes of at least 4 members (excludes halogenated alkanes) is 2. The predicted octanol–water partition coefficient (Wildman–Crippen LogP) is 2.79. The molecule has 1 rings (SSSR count). The van der Waals surface area contributed by atoms with E-state index >= 15 is 0 Å². The van der Waals surface area contributed by atoms with E-state index in [2.05, 4.69) is 17.0 Å². The third-order valence-electron chi connectivity index (χ3n) is 3.26. The molecule has 1 unspecified atom stereocenters. The van der Waals surface area contributed by atoms with Gasteiger partial charge in [-0.3, -0.25) is 0 Å². The number of benzene rings is 1. The summed E-state index contributed by atoms with van der Waals surface area (Å²) in [5.41, 5.74) is 0.734. The maximum Gasteiger partial charge on any atom is 0.243 e. The van der Waals surface area contributed by atoms with Gasteiger partial charge in [0.2, 0.25) is 10.0 Å². The molecule has 2 N–H and O–H groups in total. The highest BCUT2D eigenvalue weighted by atomic mass is 32.2. The molecular formula is C15H25FN2O2S. The smallest absolute Gasteiger partial charge is 0.243 e. The zero-order chi connectivity index (χ0) is 15.9. The van der Waals surface area contributed by atoms with Gasteiger partial charge >= 0.3 is 0 Å². The van der Waals surface area contributed by atoms with Crippen LogP contribution >= 0.6 is 0 Å². The van der Waals surface area contributed by atoms with Crippen LogP contribution < -0.4 is 10.0 Å². The van der Waals surface area contributed by atoms with Crippen molar-refractivity contribution in [3.05, 3.63) is 29.6 Å². The maximum atomic E-state index is 13.8. The lowest BCUT2D eigenvalue weighted by atomic mass is 10.1. The lowest BCUT2D eigenvalue weighted by Crippen LogP contribution is -2.33. The Morgan fingerprint density at radius 3 is 2.62 bits per heavy atom. The van der Waals surface area contributed by atoms with Crippen LogP contribution in [0.5, 0.6) is 0 Å². The van der Waals surface area contributed by atoms with Crippen molar-refractivity contribution in [2.24, 2.45) is 0 Å². The van der Waals surface area contributed by atoms with E-state index in [4.69, 9.17) is 0 Å². The monoisotopic (exact) mass is 316 g/mol. The molecule has 1 atom stereocenters. The molecule has 0 radical (unpaired) electrons. The van der Waals surface area contributed by atoms with Crippen LogP contribution in [-0.4, -0.2) is 21.5 Å². The van der Waals surface area contributed by atoms with Crippen LogP contribution in [0.3, 0.4) is 0 Å². The minimum absolute atomic E-state index is 0.200. The molecule has 0 bridgehead atoms. The third kappa shape index (κ3) is 5.73. The molecule has 0 aliphatic carbocycles. The summed E-state index contributed by atoms with van der Waals surface area (Å²) in [4.78, 5) is -0.280. The Labute approximate surface area is 127 Å². The molecule has 0 aromatic heterocycles. The average Bonchev–Trinajstić information content (AvgIpc) is 2.41. The van der Waals surface area contributed by atoms with Crippen molar-refractivity contribution < 1.29 is 12.8 Å². The molecule has 0 saturated carbocycles. The lowest BCUT2D eigenvalue weighted by Gasteiger charge is -2.15. The minimum Gasteiger partial charge on any atom is -0.316 e. The largest absolute Gasteiger partial charge is 0.316 e. The number of hydrogen-bond acceptors (Lipinski definition) is 3. The molecule has 0 spiro atoms. The Bertz CT molecular complexity index is 547. The van der Waals surface area contributed by atoms with Crippen LogP contribution in [-0.2, 0) is 16.6 Å². The number of nitrogens with one attached hydrogen (secondary N) is 2. The molecule has 0 aliphatic heterocycles. The quantitative estimate of drug-likeness (QED) is 0.689. The summed E-state index contributed by atoms with van der Waals surface area (Å²) in [6, 6.07) is 3.96. The van der Waals surface area contributed by atoms with E-state index in [1.54, 1.807) is 13.1 Å². The van der Waals surface area contributed by atoms with Crippen molar-refractivity contribution in [2.45, 2.75) is 57.0 Å². The number of halogens is 1. The van der Waals surface area contributed by atoms with Gasteiger partial charge in [0.05, 0.1) is 0 Å². The second-order valence-electron chi connectivity index (χ2n) is 5.31. The summed E-state index contributed by atoms with van der Waals surface area (Å²) in [5, 5.41) is 2.92. The highest BCUT2D eigenvalue weighted by molar-refractivity contribution is 7.89. The van der Waals surface area contributed by atoms with Gasteiger partial charge < -0.3 is 5.32 Å². The van der Waals surface area contributed by atoms with E-state index < -0.39 is 15.8 Å². The Morgan fingerprint density at radius 2 is 2.00 bits per heavy atom. The van der Waals surface area contributed by atoms with Gasteiger partial charge in [-0.2, -0.15) is 0 Å². The summed E-state index contributed by atoms with van der Waals surface area (Å²) >= 11 is 0. The van der Waals surface area contributed by atoms with Gasteiger partial charge in [0, 0.05) is 12.6 Å². The first-order chi connectivity index (χ1) is 9.90. The first-order valence-corrected chi connectivity index (χ1v) is 8.84. The fourth-order valence-electron chi connectivity index (χ4n) is 2.16. The number of rotatable bonds is 9. The highest BCUT2D eigenvalue weighted by Crippen LogP contribution is 2.17. The number of sulfonamides is 1. The second kappa shape index (κ2) is 8.46. The predicted molar refractivity (Wildman–Crippen MR) is 83.1 cm³/mol. The van der Waals surface area contributed by atoms with Crippen LogP contribution in [0.2, 0.25) is 0 Å². The Hall–Kier alpha value is -0.980. The lowest BCUT2D eigenvalue weighted by molar-refractivity contribution is 0.518. The van der Waals surface area contributed by atoms with Crippen LogP contribution in [0.4, 0.5) is 4.39 Å². The third-order valence-corrected chi connectivity index (χ3v) is 4.87. The zero-order valence-electron chi connectivity index (χ0n) is 12.9. The van der Waals surface area contributed by atoms with Gasteiger partial charge in [0.1, 0.15) is 10.7 Å². The van der Waals surface area contributed by atoms with E-state index in [0.717, 1.165) is 31.2 Å². The van der Waals surface area contributed by atoms with Crippen molar-refractivity contribution in [1.82, 2.24) is 10.0 Å². The SMILES string of the molecule is CCCCCC(C)NS(=O)(=O)c1cc(CNC)ccc1F. The Kier molecular flexibility index (Phi) is 7.28. The Morgan fingerprint density at radius 1 is 1.29 bits per heavy atom. The molecule has 1 aromatic rings. The highest BCUT2D eigenvalue weighted by Gasteiger charge is 2.21. The Balaban J connectivity index is 2.84. The van der Waals surface area contributed by atoms with Gasteiger partial charge in [-0.15, -0.1) is 0 Å². The van der Waals surface area contributed by atoms with Gasteiger partial charge in [0.15, 0.2) is 0 Å². The summed E-state index contributed by atoms with van der Waals surface area (Å²) in [5.74, 6) is -0.719. The molecule has 120 valence electrons. The van der Waals surface area contributed by atoms with E-state index in [0.29, 0.717) is 6.54 Å². The molecule has 6 heteroatoms. The van der Waals surface area contributed by atoms with Gasteiger partial charge in [0.25, 0.3) is 0 Å². The van der Waals surface area contributed by atoms with Gasteiger partial charge in [-0.05, 0) is 38.1 Å². The van der Waals surface area contributed by atoms with Crippen molar-refractivity contribution in [2.75, 3.05) is 7.05 Å². The topological polar surface area (TPSA) is 58.2 Å². The van der Waals surface area contributed by atoms with Crippen LogP contribution in [0, 0.1) is 5.82 Å². The molecule has 0 saturated heterocycles. The van der Waals surface area contributed by atoms with Crippen molar-refractivity contribution >= 4 is 10.0 Å². The summed E-state index contributed by atoms with van der Waals surface area (Å²) in [7, 11) is -2.07. The van der Waals surface area contributed by atoms with E-state index in [-0.39, 0.29) is 10.9 Å². The molecule has 1 aromatic carbocycles. The van der Waals surface area contributed by atoms with Crippen LogP contribution in [0.1, 0.15) is 45.1 Å². The zero-order valence-corrected chi connectivity index (χ0v) is 13.8. The first kappa shape index (κ1) is 18.1. The average molecular weight is 316 g/mol. The van der Waals surface area contributed by atoms with Crippen LogP contribution in [0.15, 0.2) is 23.1 Å². The maximum absolute atomic E-state index is 13.8. The fraction of sp³-hybridized carbons (Fsp3) is 0.600. The summed E-state index contributed by atoms with van der Waals surface area (Å²) < 4.78 is 40.9. The van der Waals surface area contributed by atoms with Crippen LogP contribution in [0.25, 0.3) is 0 Å². The molecule has 0 fully saturated rings. The minimum atomic E-state index is -3.82. The standard InChI is InChI=1S/C15H25FN2O2S/c1-4-5-6-7-12(2)18-21(19,20)15-10-13(11-17-3)8-9-14(15)16/h8-10,12,17-18H,4-7,11H2,1-3H3. The normalized spacial score (nSPS) is 13.3. The molecular weight excluding hydrogens is 291 g/mol.